The molecule has 0 heterocycles. The van der Waals surface area contributed by atoms with Gasteiger partial charge >= 0.3 is 112 Å². The molecule has 0 unspecified atom stereocenters. The molecule has 0 atom stereocenters. The average Bonchev–Trinajstić information content (AvgIpc) is 2.71. The normalized spacial score (nSPS) is 10.4. The number of aromatic carboxylic acids is 1. The maximum absolute atomic E-state index is 10.8. The van der Waals surface area contributed by atoms with Crippen molar-refractivity contribution in [1.29, 1.82) is 0 Å². The van der Waals surface area contributed by atoms with Gasteiger partial charge in [0.05, 0.1) is 0 Å². The van der Waals surface area contributed by atoms with Crippen molar-refractivity contribution in [2.75, 3.05) is 0 Å². The van der Waals surface area contributed by atoms with Crippen LogP contribution in [-0.2, 0) is 4.79 Å². The molecule has 2 N–H and O–H groups in total. The molecule has 4 nitrogen and oxygen atoms in total. The van der Waals surface area contributed by atoms with Gasteiger partial charge in [-0.15, -0.1) is 0 Å². The number of phenols is 1. The topological polar surface area (TPSA) is 74.6 Å². The molecule has 166 valence electrons. The Bertz CT molecular complexity index is 560. The first-order valence-corrected chi connectivity index (χ1v) is 13.0. The van der Waals surface area contributed by atoms with Gasteiger partial charge in [-0.2, -0.15) is 0 Å². The van der Waals surface area contributed by atoms with E-state index in [1.54, 1.807) is 12.1 Å². The van der Waals surface area contributed by atoms with Crippen LogP contribution >= 0.6 is 0 Å². The van der Waals surface area contributed by atoms with Gasteiger partial charge in [-0.3, -0.25) is 0 Å². The van der Waals surface area contributed by atoms with Crippen LogP contribution in [0.3, 0.4) is 0 Å². The number of hydrogen-bond donors (Lipinski definition) is 2. The van der Waals surface area contributed by atoms with Crippen molar-refractivity contribution in [3.05, 3.63) is 29.8 Å². The molecule has 0 saturated carbocycles. The summed E-state index contributed by atoms with van der Waals surface area (Å²) in [6.45, 7) is 2.28. The zero-order chi connectivity index (χ0) is 22.5. The first kappa shape index (κ1) is 29.2. The fourth-order valence-electron chi connectivity index (χ4n) is 3.40. The fourth-order valence-corrected chi connectivity index (χ4v) is 3.75. The van der Waals surface area contributed by atoms with Crippen molar-refractivity contribution in [1.82, 2.24) is 0 Å². The minimum absolute atomic E-state index is 0.0671. The third kappa shape index (κ3) is 19.1. The quantitative estimate of drug-likeness (QED) is 0.206. The first-order valence-electron chi connectivity index (χ1n) is 12.0. The second-order valence-electron chi connectivity index (χ2n) is 8.22. The van der Waals surface area contributed by atoms with Gasteiger partial charge in [-0.05, 0) is 12.1 Å². The van der Waals surface area contributed by atoms with Gasteiger partial charge in [0.15, 0.2) is 0 Å². The number of unbranched alkanes of at least 4 members (excludes halogenated alkanes) is 14. The van der Waals surface area contributed by atoms with Crippen molar-refractivity contribution >= 4 is 36.9 Å². The molecule has 5 heteroatoms. The van der Waals surface area contributed by atoms with E-state index in [0.29, 0.717) is 3.03 Å². The molecule has 0 radical (unpaired) electrons. The number of para-hydroxylation sites is 1. The van der Waals surface area contributed by atoms with E-state index >= 15 is 0 Å². The summed E-state index contributed by atoms with van der Waals surface area (Å²) >= 11 is 0.751. The van der Waals surface area contributed by atoms with Crippen LogP contribution in [0.2, 0.25) is 0 Å². The van der Waals surface area contributed by atoms with Crippen LogP contribution in [0.5, 0.6) is 5.75 Å². The molecule has 0 amide bonds. The maximum Gasteiger partial charge on any atom is 0.339 e. The molecule has 1 aromatic rings. The van der Waals surface area contributed by atoms with Crippen LogP contribution in [0.1, 0.15) is 120 Å². The van der Waals surface area contributed by atoms with Crippen LogP contribution in [0.4, 0.5) is 0 Å². The number of benzene rings is 1. The Balaban J connectivity index is 0.000000696. The van der Waals surface area contributed by atoms with Crippen molar-refractivity contribution in [3.8, 4) is 5.75 Å². The van der Waals surface area contributed by atoms with Crippen LogP contribution in [0, 0.1) is 0 Å². The zero-order valence-corrected chi connectivity index (χ0v) is 21.3. The van der Waals surface area contributed by atoms with Crippen molar-refractivity contribution < 1.29 is 19.8 Å². The van der Waals surface area contributed by atoms with Crippen LogP contribution in [0.25, 0.3) is 0 Å². The van der Waals surface area contributed by atoms with E-state index in [9.17, 15) is 9.59 Å². The predicted octanol–water partition coefficient (Wildman–Crippen LogP) is 7.03. The van der Waals surface area contributed by atoms with Crippen molar-refractivity contribution in [3.63, 3.8) is 0 Å². The van der Waals surface area contributed by atoms with Gasteiger partial charge < -0.3 is 10.2 Å². The van der Waals surface area contributed by atoms with Crippen molar-refractivity contribution in [2.24, 2.45) is 0 Å². The maximum atomic E-state index is 10.8. The Labute approximate surface area is 201 Å². The number of carbonyl (C=O) groups is 2. The molecule has 0 aliphatic carbocycles. The standard InChI is InChI=1S/C18H35O.C7H6O3.Na/c1-2-3-4-5-6-7-8-9-10-11-12-13-14-15-16-17-18-19;8-6-4-2-1-3-5(6)7(9)10;/h2-17H2,1H3;1-4,8H,(H,9,10);. The molecule has 0 saturated heterocycles. The summed E-state index contributed by atoms with van der Waals surface area (Å²) in [6.07, 6.45) is 21.8. The van der Waals surface area contributed by atoms with Gasteiger partial charge in [-0.1, -0.05) is 51.2 Å². The van der Waals surface area contributed by atoms with Gasteiger partial charge in [0, 0.05) is 0 Å². The van der Waals surface area contributed by atoms with Crippen LogP contribution in [-0.4, -0.2) is 47.1 Å². The number of hydrogen-bond acceptors (Lipinski definition) is 3. The SMILES string of the molecule is CCCCCCCCCCCCCCCCC[C](=O)[Na].O=C(O)c1ccccc1O. The van der Waals surface area contributed by atoms with Gasteiger partial charge in [0.2, 0.25) is 0 Å². The zero-order valence-electron chi connectivity index (χ0n) is 19.3. The monoisotopic (exact) mass is 428 g/mol. The Kier molecular flexibility index (Phi) is 20.8. The Morgan fingerprint density at radius 1 is 0.733 bits per heavy atom. The van der Waals surface area contributed by atoms with Crippen LogP contribution in [0.15, 0.2) is 24.3 Å². The van der Waals surface area contributed by atoms with E-state index in [1.807, 2.05) is 0 Å². The molecule has 0 fully saturated rings. The van der Waals surface area contributed by atoms with Gasteiger partial charge in [0.1, 0.15) is 11.3 Å². The van der Waals surface area contributed by atoms with Gasteiger partial charge in [0.25, 0.3) is 0 Å². The smallest absolute Gasteiger partial charge is 0.339 e. The van der Waals surface area contributed by atoms with Crippen LogP contribution < -0.4 is 0 Å². The second-order valence-corrected chi connectivity index (χ2v) is 9.34. The summed E-state index contributed by atoms with van der Waals surface area (Å²) in [4.78, 5) is 21.1. The summed E-state index contributed by atoms with van der Waals surface area (Å²) in [5, 5.41) is 17.3. The second kappa shape index (κ2) is 21.4. The van der Waals surface area contributed by atoms with Gasteiger partial charge in [-0.25, -0.2) is 4.79 Å². The third-order valence-electron chi connectivity index (χ3n) is 5.27. The van der Waals surface area contributed by atoms with Crippen molar-refractivity contribution in [2.45, 2.75) is 110 Å². The molecule has 30 heavy (non-hydrogen) atoms. The summed E-state index contributed by atoms with van der Waals surface area (Å²) in [6, 6.07) is 5.81. The molecule has 0 aliphatic rings. The Hall–Kier alpha value is -0.840. The molecule has 0 spiro atoms. The summed E-state index contributed by atoms with van der Waals surface area (Å²) in [5.74, 6) is -1.31. The van der Waals surface area contributed by atoms with E-state index in [-0.39, 0.29) is 11.3 Å². The van der Waals surface area contributed by atoms with E-state index in [4.69, 9.17) is 10.2 Å². The van der Waals surface area contributed by atoms with E-state index < -0.39 is 5.97 Å². The third-order valence-corrected chi connectivity index (χ3v) is 5.77. The summed E-state index contributed by atoms with van der Waals surface area (Å²) in [7, 11) is 0. The minimum atomic E-state index is -1.11. The molecule has 1 aromatic carbocycles. The summed E-state index contributed by atoms with van der Waals surface area (Å²) in [5.41, 5.74) is -0.0671. The number of carbonyl (C=O) groups excluding carboxylic acids is 1. The number of carboxylic acid groups (broad SMARTS) is 1. The molecule has 0 aromatic heterocycles. The summed E-state index contributed by atoms with van der Waals surface area (Å²) < 4.78 is 0.486. The number of aromatic hydroxyl groups is 1. The number of rotatable bonds is 17. The molecule has 0 aliphatic heterocycles. The number of carboxylic acids is 1. The fraction of sp³-hybridized carbons (Fsp3) is 0.680. The molecular formula is C25H41NaO4. The van der Waals surface area contributed by atoms with E-state index in [2.05, 4.69) is 6.92 Å². The molecule has 1 rings (SSSR count). The van der Waals surface area contributed by atoms with E-state index in [1.165, 1.54) is 102 Å². The van der Waals surface area contributed by atoms with E-state index in [0.717, 1.165) is 40.8 Å². The first-order chi connectivity index (χ1) is 14.5. The minimum Gasteiger partial charge on any atom is -0.507 e. The predicted molar refractivity (Wildman–Crippen MR) is 125 cm³/mol. The Morgan fingerprint density at radius 2 is 1.13 bits per heavy atom. The Morgan fingerprint density at radius 3 is 1.47 bits per heavy atom. The largest absolute Gasteiger partial charge is 0.507 e. The molecular weight excluding hydrogens is 387 g/mol. The molecule has 0 bridgehead atoms. The average molecular weight is 429 g/mol.